The summed E-state index contributed by atoms with van der Waals surface area (Å²) in [5.74, 6) is 1.92. The van der Waals surface area contributed by atoms with Crippen LogP contribution in [0.15, 0.2) is 77.4 Å². The molecule has 0 spiro atoms. The number of hydrogen-bond acceptors (Lipinski definition) is 4. The number of hydrogen-bond donors (Lipinski definition) is 3. The van der Waals surface area contributed by atoms with Gasteiger partial charge in [0.05, 0.1) is 6.26 Å². The number of carbonyl (C=O) groups is 1. The van der Waals surface area contributed by atoms with Crippen molar-refractivity contribution in [3.05, 3.63) is 78.8 Å². The summed E-state index contributed by atoms with van der Waals surface area (Å²) in [6, 6.07) is 19.4. The molecule has 1 aromatic heterocycles. The summed E-state index contributed by atoms with van der Waals surface area (Å²) in [5, 5.41) is 15.6. The average molecular weight is 366 g/mol. The van der Waals surface area contributed by atoms with Crippen molar-refractivity contribution < 1.29 is 19.1 Å². The number of nitrogens with one attached hydrogen (secondary N) is 2. The van der Waals surface area contributed by atoms with Gasteiger partial charge in [-0.05, 0) is 55.5 Å². The van der Waals surface area contributed by atoms with Crippen molar-refractivity contribution in [1.82, 2.24) is 5.32 Å². The van der Waals surface area contributed by atoms with Gasteiger partial charge in [-0.3, -0.25) is 0 Å². The maximum Gasteiger partial charge on any atom is 0.319 e. The van der Waals surface area contributed by atoms with Crippen molar-refractivity contribution in [1.29, 1.82) is 0 Å². The molecule has 0 fully saturated rings. The zero-order chi connectivity index (χ0) is 19.1. The first kappa shape index (κ1) is 18.5. The van der Waals surface area contributed by atoms with E-state index in [0.29, 0.717) is 23.6 Å². The van der Waals surface area contributed by atoms with Gasteiger partial charge < -0.3 is 24.9 Å². The largest absolute Gasteiger partial charge is 0.467 e. The van der Waals surface area contributed by atoms with Gasteiger partial charge in [0, 0.05) is 18.2 Å². The van der Waals surface area contributed by atoms with E-state index in [1.54, 1.807) is 36.4 Å². The predicted octanol–water partition coefficient (Wildman–Crippen LogP) is 4.71. The molecule has 1 heterocycles. The van der Waals surface area contributed by atoms with Gasteiger partial charge in [0.2, 0.25) is 0 Å². The second kappa shape index (κ2) is 8.91. The maximum atomic E-state index is 12.1. The molecule has 2 amide bonds. The summed E-state index contributed by atoms with van der Waals surface area (Å²) >= 11 is 0. The topological polar surface area (TPSA) is 83.7 Å². The van der Waals surface area contributed by atoms with Gasteiger partial charge in [0.15, 0.2) is 0 Å². The Kier molecular flexibility index (Phi) is 6.12. The summed E-state index contributed by atoms with van der Waals surface area (Å²) in [5.41, 5.74) is 0.645. The number of urea groups is 1. The monoisotopic (exact) mass is 366 g/mol. The van der Waals surface area contributed by atoms with Crippen LogP contribution in [0.3, 0.4) is 0 Å². The summed E-state index contributed by atoms with van der Waals surface area (Å²) in [4.78, 5) is 12.1. The number of aliphatic hydroxyl groups excluding tert-OH is 1. The van der Waals surface area contributed by atoms with Crippen LogP contribution in [0.1, 0.15) is 25.2 Å². The molecule has 27 heavy (non-hydrogen) atoms. The lowest BCUT2D eigenvalue weighted by Gasteiger charge is -2.17. The zero-order valence-corrected chi connectivity index (χ0v) is 15.0. The molecule has 0 aliphatic heterocycles. The Morgan fingerprint density at radius 1 is 1.04 bits per heavy atom. The molecule has 6 nitrogen and oxygen atoms in total. The molecule has 3 N–H and O–H groups in total. The number of amides is 2. The molecular weight excluding hydrogens is 344 g/mol. The van der Waals surface area contributed by atoms with Gasteiger partial charge >= 0.3 is 6.03 Å². The van der Waals surface area contributed by atoms with Crippen molar-refractivity contribution in [2.24, 2.45) is 0 Å². The Hall–Kier alpha value is -3.25. The lowest BCUT2D eigenvalue weighted by Crippen LogP contribution is -2.37. The van der Waals surface area contributed by atoms with E-state index in [-0.39, 0.29) is 12.1 Å². The second-order valence-corrected chi connectivity index (χ2v) is 6.21. The van der Waals surface area contributed by atoms with Gasteiger partial charge in [0.25, 0.3) is 0 Å². The first-order valence-corrected chi connectivity index (χ1v) is 8.72. The Labute approximate surface area is 157 Å². The quantitative estimate of drug-likeness (QED) is 0.566. The molecular formula is C21H22N2O4. The lowest BCUT2D eigenvalue weighted by molar-refractivity contribution is 0.130. The van der Waals surface area contributed by atoms with E-state index in [9.17, 15) is 9.90 Å². The SMILES string of the molecule is C[C@H](C[C@@H](O)c1ccco1)NC(=O)Nc1ccc(Oc2ccccc2)cc1. The van der Waals surface area contributed by atoms with Crippen molar-refractivity contribution in [3.8, 4) is 11.5 Å². The van der Waals surface area contributed by atoms with E-state index in [0.717, 1.165) is 5.75 Å². The lowest BCUT2D eigenvalue weighted by atomic mass is 10.1. The fourth-order valence-corrected chi connectivity index (χ4v) is 2.61. The Balaban J connectivity index is 1.47. The van der Waals surface area contributed by atoms with Gasteiger partial charge in [-0.15, -0.1) is 0 Å². The average Bonchev–Trinajstić information content (AvgIpc) is 3.19. The highest BCUT2D eigenvalue weighted by Gasteiger charge is 2.16. The van der Waals surface area contributed by atoms with Crippen LogP contribution in [0.2, 0.25) is 0 Å². The van der Waals surface area contributed by atoms with E-state index in [2.05, 4.69) is 10.6 Å². The molecule has 6 heteroatoms. The molecule has 140 valence electrons. The highest BCUT2D eigenvalue weighted by molar-refractivity contribution is 5.89. The molecule has 0 aliphatic carbocycles. The minimum Gasteiger partial charge on any atom is -0.467 e. The first-order chi connectivity index (χ1) is 13.1. The van der Waals surface area contributed by atoms with Crippen LogP contribution < -0.4 is 15.4 Å². The third-order valence-electron chi connectivity index (χ3n) is 3.92. The van der Waals surface area contributed by atoms with Crippen LogP contribution in [-0.2, 0) is 0 Å². The molecule has 0 radical (unpaired) electrons. The molecule has 2 aromatic carbocycles. The maximum absolute atomic E-state index is 12.1. The predicted molar refractivity (Wildman–Crippen MR) is 103 cm³/mol. The molecule has 0 saturated heterocycles. The third kappa shape index (κ3) is 5.62. The number of anilines is 1. The summed E-state index contributed by atoms with van der Waals surface area (Å²) in [6.07, 6.45) is 1.10. The summed E-state index contributed by atoms with van der Waals surface area (Å²) < 4.78 is 10.9. The number of benzene rings is 2. The minimum absolute atomic E-state index is 0.231. The van der Waals surface area contributed by atoms with Gasteiger partial charge in [-0.2, -0.15) is 0 Å². The minimum atomic E-state index is -0.760. The van der Waals surface area contributed by atoms with Crippen LogP contribution in [0.25, 0.3) is 0 Å². The van der Waals surface area contributed by atoms with E-state index < -0.39 is 6.10 Å². The van der Waals surface area contributed by atoms with E-state index in [1.807, 2.05) is 37.3 Å². The third-order valence-corrected chi connectivity index (χ3v) is 3.92. The standard InChI is InChI=1S/C21H22N2O4/c1-15(14-19(24)20-8-5-13-26-20)22-21(25)23-16-9-11-18(12-10-16)27-17-6-3-2-4-7-17/h2-13,15,19,24H,14H2,1H3,(H2,22,23,25)/t15-,19-/m1/s1. The van der Waals surface area contributed by atoms with Gasteiger partial charge in [0.1, 0.15) is 23.4 Å². The molecule has 0 saturated carbocycles. The van der Waals surface area contributed by atoms with Crippen LogP contribution in [-0.4, -0.2) is 17.2 Å². The van der Waals surface area contributed by atoms with Crippen LogP contribution in [0.5, 0.6) is 11.5 Å². The first-order valence-electron chi connectivity index (χ1n) is 8.72. The number of furan rings is 1. The van der Waals surface area contributed by atoms with Crippen LogP contribution >= 0.6 is 0 Å². The summed E-state index contributed by atoms with van der Waals surface area (Å²) in [7, 11) is 0. The van der Waals surface area contributed by atoms with Crippen molar-refractivity contribution >= 4 is 11.7 Å². The molecule has 0 unspecified atom stereocenters. The number of para-hydroxylation sites is 1. The summed E-state index contributed by atoms with van der Waals surface area (Å²) in [6.45, 7) is 1.82. The number of ether oxygens (including phenoxy) is 1. The number of carbonyl (C=O) groups excluding carboxylic acids is 1. The molecule has 2 atom stereocenters. The van der Waals surface area contributed by atoms with E-state index in [4.69, 9.17) is 9.15 Å². The Bertz CT molecular complexity index is 832. The highest BCUT2D eigenvalue weighted by atomic mass is 16.5. The fraction of sp³-hybridized carbons (Fsp3) is 0.190. The van der Waals surface area contributed by atoms with Crippen LogP contribution in [0.4, 0.5) is 10.5 Å². The molecule has 3 aromatic rings. The van der Waals surface area contributed by atoms with Crippen LogP contribution in [0, 0.1) is 0 Å². The molecule has 0 bridgehead atoms. The number of aliphatic hydroxyl groups is 1. The normalized spacial score (nSPS) is 12.8. The van der Waals surface area contributed by atoms with E-state index in [1.165, 1.54) is 6.26 Å². The zero-order valence-electron chi connectivity index (χ0n) is 15.0. The number of rotatable bonds is 7. The van der Waals surface area contributed by atoms with Crippen molar-refractivity contribution in [2.75, 3.05) is 5.32 Å². The highest BCUT2D eigenvalue weighted by Crippen LogP contribution is 2.23. The Morgan fingerprint density at radius 3 is 2.41 bits per heavy atom. The Morgan fingerprint density at radius 2 is 1.74 bits per heavy atom. The van der Waals surface area contributed by atoms with Gasteiger partial charge in [-0.25, -0.2) is 4.79 Å². The van der Waals surface area contributed by atoms with Gasteiger partial charge in [-0.1, -0.05) is 18.2 Å². The molecule has 3 rings (SSSR count). The van der Waals surface area contributed by atoms with E-state index >= 15 is 0 Å². The smallest absolute Gasteiger partial charge is 0.319 e. The molecule has 0 aliphatic rings. The fourth-order valence-electron chi connectivity index (χ4n) is 2.61. The second-order valence-electron chi connectivity index (χ2n) is 6.21. The van der Waals surface area contributed by atoms with Crippen molar-refractivity contribution in [2.45, 2.75) is 25.5 Å². The van der Waals surface area contributed by atoms with Crippen molar-refractivity contribution in [3.63, 3.8) is 0 Å².